The lowest BCUT2D eigenvalue weighted by Crippen LogP contribution is -2.47. The molecule has 0 saturated heterocycles. The van der Waals surface area contributed by atoms with Gasteiger partial charge in [0.1, 0.15) is 6.04 Å². The van der Waals surface area contributed by atoms with Crippen LogP contribution in [0.4, 0.5) is 0 Å². The molecule has 2 rings (SSSR count). The molecule has 6 nitrogen and oxygen atoms in total. The van der Waals surface area contributed by atoms with Crippen LogP contribution in [0.1, 0.15) is 37.0 Å². The highest BCUT2D eigenvalue weighted by atomic mass is 16.5. The Hall–Kier alpha value is -3.02. The Morgan fingerprint density at radius 3 is 2.40 bits per heavy atom. The van der Waals surface area contributed by atoms with Crippen LogP contribution in [0.25, 0.3) is 0 Å². The molecule has 1 atom stereocenters. The summed E-state index contributed by atoms with van der Waals surface area (Å²) < 4.78 is 10.6. The number of hydrogen-bond donors (Lipinski definition) is 1. The average Bonchev–Trinajstić information content (AvgIpc) is 2.75. The third kappa shape index (κ3) is 6.24. The van der Waals surface area contributed by atoms with E-state index < -0.39 is 6.04 Å². The maximum atomic E-state index is 13.1. The maximum absolute atomic E-state index is 13.1. The molecule has 162 valence electrons. The van der Waals surface area contributed by atoms with Gasteiger partial charge in [-0.3, -0.25) is 9.59 Å². The molecule has 6 heteroatoms. The second-order valence-electron chi connectivity index (χ2n) is 7.27. The predicted octanol–water partition coefficient (Wildman–Crippen LogP) is 3.50. The SMILES string of the molecule is CCNC(=O)[C@H](C)N(Cc1cccc(C)c1)C(=O)CCc1ccc(OC)c(OC)c1. The third-order valence-corrected chi connectivity index (χ3v) is 5.03. The molecular weight excluding hydrogens is 380 g/mol. The second-order valence-corrected chi connectivity index (χ2v) is 7.27. The highest BCUT2D eigenvalue weighted by Gasteiger charge is 2.25. The van der Waals surface area contributed by atoms with E-state index in [1.54, 1.807) is 26.0 Å². The van der Waals surface area contributed by atoms with Crippen molar-refractivity contribution in [2.45, 2.75) is 46.2 Å². The van der Waals surface area contributed by atoms with Crippen LogP contribution in [0, 0.1) is 6.92 Å². The first-order chi connectivity index (χ1) is 14.4. The summed E-state index contributed by atoms with van der Waals surface area (Å²) in [6, 6.07) is 13.1. The van der Waals surface area contributed by atoms with Crippen LogP contribution in [0.5, 0.6) is 11.5 Å². The zero-order valence-corrected chi connectivity index (χ0v) is 18.5. The minimum absolute atomic E-state index is 0.0648. The topological polar surface area (TPSA) is 67.9 Å². The summed E-state index contributed by atoms with van der Waals surface area (Å²) in [5.41, 5.74) is 3.10. The van der Waals surface area contributed by atoms with Crippen LogP contribution < -0.4 is 14.8 Å². The van der Waals surface area contributed by atoms with E-state index in [4.69, 9.17) is 9.47 Å². The highest BCUT2D eigenvalue weighted by molar-refractivity contribution is 5.87. The number of aryl methyl sites for hydroxylation is 2. The number of benzene rings is 2. The summed E-state index contributed by atoms with van der Waals surface area (Å²) >= 11 is 0. The van der Waals surface area contributed by atoms with Crippen LogP contribution in [0.3, 0.4) is 0 Å². The molecule has 2 aromatic rings. The number of methoxy groups -OCH3 is 2. The van der Waals surface area contributed by atoms with Gasteiger partial charge in [-0.1, -0.05) is 35.9 Å². The van der Waals surface area contributed by atoms with Gasteiger partial charge in [0, 0.05) is 19.5 Å². The molecule has 0 aliphatic carbocycles. The van der Waals surface area contributed by atoms with Gasteiger partial charge >= 0.3 is 0 Å². The summed E-state index contributed by atoms with van der Waals surface area (Å²) in [5, 5.41) is 2.82. The van der Waals surface area contributed by atoms with Crippen LogP contribution >= 0.6 is 0 Å². The van der Waals surface area contributed by atoms with Gasteiger partial charge in [0.15, 0.2) is 11.5 Å². The smallest absolute Gasteiger partial charge is 0.242 e. The number of nitrogens with zero attached hydrogens (tertiary/aromatic N) is 1. The van der Waals surface area contributed by atoms with Gasteiger partial charge in [0.25, 0.3) is 0 Å². The molecule has 30 heavy (non-hydrogen) atoms. The van der Waals surface area contributed by atoms with Crippen LogP contribution in [-0.2, 0) is 22.6 Å². The summed E-state index contributed by atoms with van der Waals surface area (Å²) in [4.78, 5) is 27.2. The number of ether oxygens (including phenoxy) is 2. The van der Waals surface area contributed by atoms with Crippen molar-refractivity contribution in [3.63, 3.8) is 0 Å². The molecule has 2 aromatic carbocycles. The minimum Gasteiger partial charge on any atom is -0.493 e. The third-order valence-electron chi connectivity index (χ3n) is 5.03. The largest absolute Gasteiger partial charge is 0.493 e. The van der Waals surface area contributed by atoms with Gasteiger partial charge in [0.2, 0.25) is 11.8 Å². The monoisotopic (exact) mass is 412 g/mol. The van der Waals surface area contributed by atoms with E-state index in [0.29, 0.717) is 37.4 Å². The molecule has 0 aliphatic rings. The van der Waals surface area contributed by atoms with E-state index in [9.17, 15) is 9.59 Å². The molecule has 0 fully saturated rings. The van der Waals surface area contributed by atoms with Crippen molar-refractivity contribution in [2.24, 2.45) is 0 Å². The molecule has 0 saturated carbocycles. The lowest BCUT2D eigenvalue weighted by molar-refractivity contribution is -0.140. The molecule has 0 radical (unpaired) electrons. The standard InChI is InChI=1S/C24H32N2O4/c1-6-25-24(28)18(3)26(16-20-9-7-8-17(2)14-20)23(27)13-11-19-10-12-21(29-4)22(15-19)30-5/h7-10,12,14-15,18H,6,11,13,16H2,1-5H3,(H,25,28)/t18-/m0/s1. The first-order valence-corrected chi connectivity index (χ1v) is 10.2. The molecule has 0 heterocycles. The van der Waals surface area contributed by atoms with Crippen LogP contribution in [0.2, 0.25) is 0 Å². The molecular formula is C24H32N2O4. The van der Waals surface area contributed by atoms with Crippen molar-refractivity contribution >= 4 is 11.8 Å². The molecule has 0 unspecified atom stereocenters. The minimum atomic E-state index is -0.552. The lowest BCUT2D eigenvalue weighted by atomic mass is 10.1. The van der Waals surface area contributed by atoms with Crippen molar-refractivity contribution in [2.75, 3.05) is 20.8 Å². The Balaban J connectivity index is 2.16. The summed E-state index contributed by atoms with van der Waals surface area (Å²) in [7, 11) is 3.18. The second kappa shape index (κ2) is 11.2. The van der Waals surface area contributed by atoms with E-state index >= 15 is 0 Å². The Morgan fingerprint density at radius 1 is 1.03 bits per heavy atom. The van der Waals surface area contributed by atoms with Crippen molar-refractivity contribution in [3.05, 3.63) is 59.2 Å². The van der Waals surface area contributed by atoms with Crippen LogP contribution in [0.15, 0.2) is 42.5 Å². The Morgan fingerprint density at radius 2 is 1.77 bits per heavy atom. The Labute approximate surface area is 179 Å². The van der Waals surface area contributed by atoms with Gasteiger partial charge in [-0.15, -0.1) is 0 Å². The summed E-state index contributed by atoms with van der Waals surface area (Å²) in [5.74, 6) is 1.07. The number of rotatable bonds is 10. The Kier molecular flexibility index (Phi) is 8.71. The van der Waals surface area contributed by atoms with E-state index in [-0.39, 0.29) is 11.8 Å². The quantitative estimate of drug-likeness (QED) is 0.649. The van der Waals surface area contributed by atoms with E-state index in [1.165, 1.54) is 0 Å². The fraction of sp³-hybridized carbons (Fsp3) is 0.417. The van der Waals surface area contributed by atoms with E-state index in [1.807, 2.05) is 56.3 Å². The first-order valence-electron chi connectivity index (χ1n) is 10.2. The molecule has 0 bridgehead atoms. The molecule has 2 amide bonds. The van der Waals surface area contributed by atoms with Crippen molar-refractivity contribution in [1.29, 1.82) is 0 Å². The normalized spacial score (nSPS) is 11.5. The zero-order valence-electron chi connectivity index (χ0n) is 18.5. The average molecular weight is 413 g/mol. The molecule has 0 spiro atoms. The van der Waals surface area contributed by atoms with E-state index in [0.717, 1.165) is 16.7 Å². The molecule has 1 N–H and O–H groups in total. The fourth-order valence-corrected chi connectivity index (χ4v) is 3.34. The Bertz CT molecular complexity index is 866. The number of amides is 2. The van der Waals surface area contributed by atoms with Gasteiger partial charge in [0.05, 0.1) is 14.2 Å². The fourth-order valence-electron chi connectivity index (χ4n) is 3.34. The number of nitrogens with one attached hydrogen (secondary N) is 1. The summed E-state index contributed by atoms with van der Waals surface area (Å²) in [6.45, 7) is 6.58. The number of carbonyl (C=O) groups excluding carboxylic acids is 2. The van der Waals surface area contributed by atoms with Gasteiger partial charge in [-0.05, 0) is 50.5 Å². The zero-order chi connectivity index (χ0) is 22.1. The van der Waals surface area contributed by atoms with Crippen molar-refractivity contribution in [3.8, 4) is 11.5 Å². The van der Waals surface area contributed by atoms with Crippen LogP contribution in [-0.4, -0.2) is 43.5 Å². The van der Waals surface area contributed by atoms with Gasteiger partial charge < -0.3 is 19.7 Å². The molecule has 0 aromatic heterocycles. The summed E-state index contributed by atoms with van der Waals surface area (Å²) in [6.07, 6.45) is 0.844. The number of carbonyl (C=O) groups is 2. The van der Waals surface area contributed by atoms with Crippen molar-refractivity contribution < 1.29 is 19.1 Å². The van der Waals surface area contributed by atoms with E-state index in [2.05, 4.69) is 5.32 Å². The van der Waals surface area contributed by atoms with Crippen molar-refractivity contribution in [1.82, 2.24) is 10.2 Å². The van der Waals surface area contributed by atoms with Gasteiger partial charge in [-0.2, -0.15) is 0 Å². The first kappa shape index (κ1) is 23.3. The number of likely N-dealkylation sites (N-methyl/N-ethyl adjacent to an activating group) is 1. The predicted molar refractivity (Wildman–Crippen MR) is 118 cm³/mol. The number of hydrogen-bond acceptors (Lipinski definition) is 4. The highest BCUT2D eigenvalue weighted by Crippen LogP contribution is 2.28. The van der Waals surface area contributed by atoms with Gasteiger partial charge in [-0.25, -0.2) is 0 Å². The molecule has 0 aliphatic heterocycles. The lowest BCUT2D eigenvalue weighted by Gasteiger charge is -2.29. The maximum Gasteiger partial charge on any atom is 0.242 e.